The first kappa shape index (κ1) is 15.4. The number of thioether (sulfide) groups is 1. The van der Waals surface area contributed by atoms with Crippen molar-refractivity contribution in [3.63, 3.8) is 0 Å². The van der Waals surface area contributed by atoms with Gasteiger partial charge in [0.1, 0.15) is 5.82 Å². The number of carbonyl (C=O) groups is 1. The number of carbonyl (C=O) groups excluding carboxylic acids is 1. The van der Waals surface area contributed by atoms with E-state index in [1.54, 1.807) is 30.6 Å². The van der Waals surface area contributed by atoms with Crippen molar-refractivity contribution in [2.24, 2.45) is 0 Å². The van der Waals surface area contributed by atoms with Crippen molar-refractivity contribution in [2.45, 2.75) is 23.8 Å². The van der Waals surface area contributed by atoms with E-state index in [4.69, 9.17) is 0 Å². The summed E-state index contributed by atoms with van der Waals surface area (Å²) in [5.74, 6) is -0.315. The maximum absolute atomic E-state index is 12.8. The lowest BCUT2D eigenvalue weighted by Gasteiger charge is -2.10. The van der Waals surface area contributed by atoms with Gasteiger partial charge in [-0.3, -0.25) is 4.79 Å². The lowest BCUT2D eigenvalue weighted by molar-refractivity contribution is -0.120. The van der Waals surface area contributed by atoms with Gasteiger partial charge >= 0.3 is 0 Å². The highest BCUT2D eigenvalue weighted by Crippen LogP contribution is 2.18. The maximum atomic E-state index is 12.8. The highest BCUT2D eigenvalue weighted by atomic mass is 32.2. The fraction of sp³-hybridized carbons (Fsp3) is 0.267. The summed E-state index contributed by atoms with van der Waals surface area (Å²) in [5, 5.41) is 3.18. The Morgan fingerprint density at radius 2 is 1.95 bits per heavy atom. The third kappa shape index (κ3) is 5.15. The maximum Gasteiger partial charge on any atom is 0.233 e. The first-order chi connectivity index (χ1) is 10.1. The van der Waals surface area contributed by atoms with Gasteiger partial charge in [0.05, 0.1) is 5.25 Å². The molecule has 1 aromatic carbocycles. The number of amides is 1. The van der Waals surface area contributed by atoms with Crippen LogP contribution in [0.4, 0.5) is 4.39 Å². The van der Waals surface area contributed by atoms with E-state index in [0.717, 1.165) is 5.56 Å². The van der Waals surface area contributed by atoms with Crippen molar-refractivity contribution >= 4 is 17.7 Å². The minimum absolute atomic E-state index is 0.0606. The van der Waals surface area contributed by atoms with Crippen molar-refractivity contribution in [2.75, 3.05) is 6.54 Å². The van der Waals surface area contributed by atoms with E-state index < -0.39 is 0 Å². The Morgan fingerprint density at radius 1 is 1.29 bits per heavy atom. The molecule has 0 saturated carbocycles. The van der Waals surface area contributed by atoms with E-state index in [9.17, 15) is 9.18 Å². The van der Waals surface area contributed by atoms with Gasteiger partial charge in [0.2, 0.25) is 5.91 Å². The molecule has 0 aliphatic rings. The van der Waals surface area contributed by atoms with Crippen molar-refractivity contribution in [1.29, 1.82) is 0 Å². The second-order valence-corrected chi connectivity index (χ2v) is 5.77. The normalized spacial score (nSPS) is 11.9. The molecule has 2 rings (SSSR count). The van der Waals surface area contributed by atoms with Crippen molar-refractivity contribution < 1.29 is 9.18 Å². The summed E-state index contributed by atoms with van der Waals surface area (Å²) in [6.07, 6.45) is 3.97. The van der Waals surface area contributed by atoms with Crippen LogP contribution in [0.2, 0.25) is 0 Å². The van der Waals surface area contributed by atoms with Gasteiger partial charge in [0, 0.05) is 18.9 Å². The molecule has 2 aromatic rings. The Labute approximate surface area is 127 Å². The molecule has 0 fully saturated rings. The lowest BCUT2D eigenvalue weighted by Crippen LogP contribution is -2.32. The second kappa shape index (κ2) is 7.73. The van der Waals surface area contributed by atoms with Crippen LogP contribution in [0, 0.1) is 5.82 Å². The largest absolute Gasteiger partial charge is 0.355 e. The van der Waals surface area contributed by atoms with Gasteiger partial charge in [-0.15, -0.1) is 0 Å². The highest BCUT2D eigenvalue weighted by Gasteiger charge is 2.14. The first-order valence-electron chi connectivity index (χ1n) is 6.61. The zero-order chi connectivity index (χ0) is 15.1. The van der Waals surface area contributed by atoms with Gasteiger partial charge in [-0.25, -0.2) is 14.4 Å². The molecule has 1 unspecified atom stereocenters. The Bertz CT molecular complexity index is 577. The second-order valence-electron chi connectivity index (χ2n) is 4.46. The molecule has 0 aliphatic carbocycles. The van der Waals surface area contributed by atoms with Crippen LogP contribution in [0.25, 0.3) is 0 Å². The fourth-order valence-electron chi connectivity index (χ4n) is 1.68. The molecule has 6 heteroatoms. The van der Waals surface area contributed by atoms with Crippen molar-refractivity contribution in [3.8, 4) is 0 Å². The van der Waals surface area contributed by atoms with E-state index >= 15 is 0 Å². The minimum Gasteiger partial charge on any atom is -0.355 e. The summed E-state index contributed by atoms with van der Waals surface area (Å²) in [4.78, 5) is 20.1. The fourth-order valence-corrected chi connectivity index (χ4v) is 2.43. The smallest absolute Gasteiger partial charge is 0.233 e. The van der Waals surface area contributed by atoms with Crippen LogP contribution in [0.5, 0.6) is 0 Å². The van der Waals surface area contributed by atoms with Gasteiger partial charge in [-0.1, -0.05) is 23.9 Å². The van der Waals surface area contributed by atoms with Crippen LogP contribution in [0.15, 0.2) is 47.9 Å². The third-order valence-corrected chi connectivity index (χ3v) is 3.81. The Morgan fingerprint density at radius 3 is 2.62 bits per heavy atom. The first-order valence-corrected chi connectivity index (χ1v) is 7.49. The predicted octanol–water partition coefficient (Wildman–Crippen LogP) is 2.46. The third-order valence-electron chi connectivity index (χ3n) is 2.82. The molecule has 1 aromatic heterocycles. The molecule has 1 heterocycles. The topological polar surface area (TPSA) is 54.9 Å². The Balaban J connectivity index is 1.75. The van der Waals surface area contributed by atoms with Crippen LogP contribution < -0.4 is 5.32 Å². The summed E-state index contributed by atoms with van der Waals surface area (Å²) >= 11 is 1.32. The van der Waals surface area contributed by atoms with Crippen LogP contribution in [-0.4, -0.2) is 27.7 Å². The van der Waals surface area contributed by atoms with E-state index in [2.05, 4.69) is 15.3 Å². The van der Waals surface area contributed by atoms with Crippen LogP contribution in [-0.2, 0) is 11.2 Å². The summed E-state index contributed by atoms with van der Waals surface area (Å²) in [6.45, 7) is 2.33. The Hall–Kier alpha value is -1.95. The Kier molecular flexibility index (Phi) is 5.68. The zero-order valence-corrected chi connectivity index (χ0v) is 12.4. The van der Waals surface area contributed by atoms with Gasteiger partial charge in [0.15, 0.2) is 5.16 Å². The molecule has 4 nitrogen and oxygen atoms in total. The van der Waals surface area contributed by atoms with Gasteiger partial charge in [-0.05, 0) is 37.1 Å². The minimum atomic E-state index is -0.263. The van der Waals surface area contributed by atoms with Gasteiger partial charge in [0.25, 0.3) is 0 Å². The predicted molar refractivity (Wildman–Crippen MR) is 80.5 cm³/mol. The van der Waals surface area contributed by atoms with Crippen molar-refractivity contribution in [1.82, 2.24) is 15.3 Å². The average Bonchev–Trinajstić information content (AvgIpc) is 2.50. The van der Waals surface area contributed by atoms with E-state index in [-0.39, 0.29) is 17.0 Å². The molecule has 21 heavy (non-hydrogen) atoms. The van der Waals surface area contributed by atoms with Crippen LogP contribution in [0.1, 0.15) is 12.5 Å². The quantitative estimate of drug-likeness (QED) is 0.658. The molecule has 1 amide bonds. The molecule has 110 valence electrons. The zero-order valence-electron chi connectivity index (χ0n) is 11.6. The summed E-state index contributed by atoms with van der Waals surface area (Å²) < 4.78 is 12.8. The molecule has 0 saturated heterocycles. The van der Waals surface area contributed by atoms with Crippen LogP contribution >= 0.6 is 11.8 Å². The molecule has 0 radical (unpaired) electrons. The van der Waals surface area contributed by atoms with E-state index in [1.807, 2.05) is 6.92 Å². The van der Waals surface area contributed by atoms with Crippen molar-refractivity contribution in [3.05, 3.63) is 54.1 Å². The monoisotopic (exact) mass is 305 g/mol. The standard InChI is InChI=1S/C15H16FN3OS/c1-11(21-15-18-8-2-9-19-15)14(20)17-10-7-12-3-5-13(16)6-4-12/h2-6,8-9,11H,7,10H2,1H3,(H,17,20). The SMILES string of the molecule is CC(Sc1ncccn1)C(=O)NCCc1ccc(F)cc1. The van der Waals surface area contributed by atoms with Gasteiger partial charge < -0.3 is 5.32 Å². The summed E-state index contributed by atoms with van der Waals surface area (Å²) in [5.41, 5.74) is 0.989. The number of hydrogen-bond donors (Lipinski definition) is 1. The van der Waals surface area contributed by atoms with Crippen LogP contribution in [0.3, 0.4) is 0 Å². The molecule has 0 aliphatic heterocycles. The number of aromatic nitrogens is 2. The molecule has 1 atom stereocenters. The highest BCUT2D eigenvalue weighted by molar-refractivity contribution is 8.00. The number of nitrogens with zero attached hydrogens (tertiary/aromatic N) is 2. The number of nitrogens with one attached hydrogen (secondary N) is 1. The number of halogens is 1. The van der Waals surface area contributed by atoms with E-state index in [1.165, 1.54) is 23.9 Å². The average molecular weight is 305 g/mol. The number of hydrogen-bond acceptors (Lipinski definition) is 4. The molecule has 0 spiro atoms. The molecule has 1 N–H and O–H groups in total. The lowest BCUT2D eigenvalue weighted by atomic mass is 10.1. The number of rotatable bonds is 6. The molecule has 0 bridgehead atoms. The van der Waals surface area contributed by atoms with E-state index in [0.29, 0.717) is 18.1 Å². The summed E-state index contributed by atoms with van der Waals surface area (Å²) in [6, 6.07) is 8.01. The summed E-state index contributed by atoms with van der Waals surface area (Å²) in [7, 11) is 0. The number of benzene rings is 1. The molecular weight excluding hydrogens is 289 g/mol. The van der Waals surface area contributed by atoms with Gasteiger partial charge in [-0.2, -0.15) is 0 Å². The molecular formula is C15H16FN3OS.